The number of anilines is 1. The summed E-state index contributed by atoms with van der Waals surface area (Å²) in [6, 6.07) is 6.62. The van der Waals surface area contributed by atoms with Gasteiger partial charge in [0.15, 0.2) is 0 Å². The summed E-state index contributed by atoms with van der Waals surface area (Å²) in [5, 5.41) is 4.70. The molecule has 0 amide bonds. The van der Waals surface area contributed by atoms with E-state index < -0.39 is 0 Å². The highest BCUT2D eigenvalue weighted by atomic mass is 79.9. The number of hydrogen-bond donors (Lipinski definition) is 1. The van der Waals surface area contributed by atoms with Gasteiger partial charge in [-0.2, -0.15) is 0 Å². The van der Waals surface area contributed by atoms with Crippen molar-refractivity contribution in [1.82, 2.24) is 4.98 Å². The summed E-state index contributed by atoms with van der Waals surface area (Å²) in [5.41, 5.74) is 3.72. The van der Waals surface area contributed by atoms with Crippen molar-refractivity contribution in [1.29, 1.82) is 0 Å². The molecule has 0 saturated carbocycles. The van der Waals surface area contributed by atoms with Gasteiger partial charge >= 0.3 is 0 Å². The maximum atomic E-state index is 4.91. The average Bonchev–Trinajstić information content (AvgIpc) is 2.43. The second-order valence-corrected chi connectivity index (χ2v) is 6.41. The number of hydrogen-bond acceptors (Lipinski definition) is 2. The van der Waals surface area contributed by atoms with Crippen molar-refractivity contribution in [2.24, 2.45) is 0 Å². The number of benzene rings is 1. The maximum absolute atomic E-state index is 4.91. The third-order valence-electron chi connectivity index (χ3n) is 3.54. The Morgan fingerprint density at radius 2 is 1.95 bits per heavy atom. The Morgan fingerprint density at radius 3 is 2.55 bits per heavy atom. The van der Waals surface area contributed by atoms with Crippen molar-refractivity contribution in [3.63, 3.8) is 0 Å². The average molecular weight is 335 g/mol. The number of pyridine rings is 1. The molecule has 0 fully saturated rings. The van der Waals surface area contributed by atoms with Gasteiger partial charge in [0.1, 0.15) is 5.82 Å². The first-order valence-electron chi connectivity index (χ1n) is 7.43. The first-order valence-corrected chi connectivity index (χ1v) is 8.23. The van der Waals surface area contributed by atoms with Gasteiger partial charge in [-0.3, -0.25) is 0 Å². The molecule has 3 heteroatoms. The Balaban J connectivity index is 2.64. The lowest BCUT2D eigenvalue weighted by Crippen LogP contribution is -2.07. The number of rotatable bonds is 5. The number of halogens is 1. The molecule has 0 radical (unpaired) electrons. The minimum absolute atomic E-state index is 0.468. The molecule has 0 atom stereocenters. The predicted molar refractivity (Wildman–Crippen MR) is 91.7 cm³/mol. The van der Waals surface area contributed by atoms with E-state index in [0.717, 1.165) is 35.2 Å². The SMILES string of the molecule is CCCNc1nc2c(CC)cc(Br)cc2cc1C(C)C. The predicted octanol–water partition coefficient (Wildman–Crippen LogP) is 5.51. The summed E-state index contributed by atoms with van der Waals surface area (Å²) >= 11 is 3.60. The van der Waals surface area contributed by atoms with E-state index in [1.165, 1.54) is 16.5 Å². The van der Waals surface area contributed by atoms with Crippen LogP contribution in [-0.2, 0) is 6.42 Å². The highest BCUT2D eigenvalue weighted by Crippen LogP contribution is 2.30. The summed E-state index contributed by atoms with van der Waals surface area (Å²) < 4.78 is 1.13. The molecule has 0 aliphatic heterocycles. The van der Waals surface area contributed by atoms with Gasteiger partial charge in [0.05, 0.1) is 5.52 Å². The van der Waals surface area contributed by atoms with Gasteiger partial charge in [0.25, 0.3) is 0 Å². The van der Waals surface area contributed by atoms with E-state index in [2.05, 4.69) is 67.1 Å². The molecule has 1 aromatic heterocycles. The fraction of sp³-hybridized carbons (Fsp3) is 0.471. The molecular weight excluding hydrogens is 312 g/mol. The van der Waals surface area contributed by atoms with E-state index in [4.69, 9.17) is 4.98 Å². The summed E-state index contributed by atoms with van der Waals surface area (Å²) in [6.45, 7) is 9.77. The van der Waals surface area contributed by atoms with Crippen LogP contribution in [-0.4, -0.2) is 11.5 Å². The standard InChI is InChI=1S/C17H23BrN2/c1-5-7-19-17-15(11(3)4)10-13-9-14(18)8-12(6-2)16(13)20-17/h8-11H,5-7H2,1-4H3,(H,19,20). The topological polar surface area (TPSA) is 24.9 Å². The number of nitrogens with zero attached hydrogens (tertiary/aromatic N) is 1. The molecule has 2 nitrogen and oxygen atoms in total. The smallest absolute Gasteiger partial charge is 0.130 e. The van der Waals surface area contributed by atoms with E-state index in [0.29, 0.717) is 5.92 Å². The van der Waals surface area contributed by atoms with Gasteiger partial charge in [-0.15, -0.1) is 0 Å². The third kappa shape index (κ3) is 3.14. The largest absolute Gasteiger partial charge is 0.370 e. The first-order chi connectivity index (χ1) is 9.56. The number of aromatic nitrogens is 1. The monoisotopic (exact) mass is 334 g/mol. The zero-order chi connectivity index (χ0) is 14.7. The van der Waals surface area contributed by atoms with Crippen LogP contribution in [0.15, 0.2) is 22.7 Å². The molecule has 0 bridgehead atoms. The van der Waals surface area contributed by atoms with E-state index in [1.807, 2.05) is 0 Å². The van der Waals surface area contributed by atoms with Gasteiger partial charge in [-0.25, -0.2) is 4.98 Å². The zero-order valence-corrected chi connectivity index (χ0v) is 14.3. The van der Waals surface area contributed by atoms with Crippen LogP contribution in [0.3, 0.4) is 0 Å². The normalized spacial score (nSPS) is 11.3. The fourth-order valence-corrected chi connectivity index (χ4v) is 2.95. The van der Waals surface area contributed by atoms with Crippen molar-refractivity contribution >= 4 is 32.7 Å². The second kappa shape index (κ2) is 6.57. The van der Waals surface area contributed by atoms with Gasteiger partial charge in [-0.05, 0) is 48.1 Å². The van der Waals surface area contributed by atoms with Crippen LogP contribution in [0.25, 0.3) is 10.9 Å². The Labute approximate surface area is 130 Å². The van der Waals surface area contributed by atoms with E-state index in [1.54, 1.807) is 0 Å². The Bertz CT molecular complexity index is 605. The van der Waals surface area contributed by atoms with Crippen LogP contribution in [0.5, 0.6) is 0 Å². The fourth-order valence-electron chi connectivity index (χ4n) is 2.43. The molecule has 0 aliphatic rings. The number of fused-ring (bicyclic) bond motifs is 1. The van der Waals surface area contributed by atoms with Crippen molar-refractivity contribution in [3.8, 4) is 0 Å². The minimum atomic E-state index is 0.468. The lowest BCUT2D eigenvalue weighted by molar-refractivity contribution is 0.856. The molecule has 108 valence electrons. The highest BCUT2D eigenvalue weighted by Gasteiger charge is 2.12. The Morgan fingerprint density at radius 1 is 1.20 bits per heavy atom. The van der Waals surface area contributed by atoms with Crippen LogP contribution in [0.2, 0.25) is 0 Å². The molecule has 0 aliphatic carbocycles. The van der Waals surface area contributed by atoms with Crippen molar-refractivity contribution in [2.45, 2.75) is 46.5 Å². The molecular formula is C17H23BrN2. The van der Waals surface area contributed by atoms with Crippen molar-refractivity contribution in [3.05, 3.63) is 33.8 Å². The molecule has 0 unspecified atom stereocenters. The Hall–Kier alpha value is -1.09. The molecule has 20 heavy (non-hydrogen) atoms. The molecule has 0 spiro atoms. The van der Waals surface area contributed by atoms with Crippen LogP contribution in [0, 0.1) is 0 Å². The lowest BCUT2D eigenvalue weighted by atomic mass is 9.99. The van der Waals surface area contributed by atoms with Gasteiger partial charge in [0.2, 0.25) is 0 Å². The molecule has 2 aromatic rings. The summed E-state index contributed by atoms with van der Waals surface area (Å²) in [7, 11) is 0. The van der Waals surface area contributed by atoms with Crippen LogP contribution >= 0.6 is 15.9 Å². The summed E-state index contributed by atoms with van der Waals surface area (Å²) in [5.74, 6) is 1.52. The summed E-state index contributed by atoms with van der Waals surface area (Å²) in [6.07, 6.45) is 2.11. The molecule has 1 heterocycles. The molecule has 0 saturated heterocycles. The van der Waals surface area contributed by atoms with Gasteiger partial charge < -0.3 is 5.32 Å². The van der Waals surface area contributed by atoms with E-state index in [9.17, 15) is 0 Å². The molecule has 1 aromatic carbocycles. The highest BCUT2D eigenvalue weighted by molar-refractivity contribution is 9.10. The van der Waals surface area contributed by atoms with E-state index >= 15 is 0 Å². The van der Waals surface area contributed by atoms with Crippen LogP contribution < -0.4 is 5.32 Å². The van der Waals surface area contributed by atoms with Crippen molar-refractivity contribution in [2.75, 3.05) is 11.9 Å². The minimum Gasteiger partial charge on any atom is -0.370 e. The molecule has 2 rings (SSSR count). The Kier molecular flexibility index (Phi) is 5.03. The first kappa shape index (κ1) is 15.3. The third-order valence-corrected chi connectivity index (χ3v) is 3.99. The van der Waals surface area contributed by atoms with Crippen molar-refractivity contribution < 1.29 is 0 Å². The zero-order valence-electron chi connectivity index (χ0n) is 12.8. The summed E-state index contributed by atoms with van der Waals surface area (Å²) in [4.78, 5) is 4.91. The van der Waals surface area contributed by atoms with E-state index in [-0.39, 0.29) is 0 Å². The maximum Gasteiger partial charge on any atom is 0.130 e. The van der Waals surface area contributed by atoms with Gasteiger partial charge in [-0.1, -0.05) is 43.6 Å². The molecule has 1 N–H and O–H groups in total. The lowest BCUT2D eigenvalue weighted by Gasteiger charge is -2.16. The second-order valence-electron chi connectivity index (χ2n) is 5.50. The van der Waals surface area contributed by atoms with Gasteiger partial charge in [0, 0.05) is 16.4 Å². The quantitative estimate of drug-likeness (QED) is 0.780. The van der Waals surface area contributed by atoms with Crippen LogP contribution in [0.4, 0.5) is 5.82 Å². The number of nitrogens with one attached hydrogen (secondary N) is 1. The van der Waals surface area contributed by atoms with Crippen LogP contribution in [0.1, 0.15) is 51.2 Å². The number of aryl methyl sites for hydroxylation is 1.